The van der Waals surface area contributed by atoms with Gasteiger partial charge in [-0.3, -0.25) is 0 Å². The second-order valence-corrected chi connectivity index (χ2v) is 7.62. The Morgan fingerprint density at radius 1 is 0.833 bits per heavy atom. The molecule has 0 atom stereocenters. The van der Waals surface area contributed by atoms with E-state index in [0.29, 0.717) is 17.3 Å². The molecule has 30 heavy (non-hydrogen) atoms. The quantitative estimate of drug-likeness (QED) is 0.361. The monoisotopic (exact) mass is 413 g/mol. The second kappa shape index (κ2) is 7.88. The fourth-order valence-electron chi connectivity index (χ4n) is 2.98. The van der Waals surface area contributed by atoms with E-state index in [1.165, 1.54) is 11.3 Å². The molecule has 2 heterocycles. The number of thiazole rings is 1. The summed E-state index contributed by atoms with van der Waals surface area (Å²) in [4.78, 5) is 16.8. The lowest BCUT2D eigenvalue weighted by Crippen LogP contribution is -2.04. The molecule has 0 unspecified atom stereocenters. The molecule has 0 amide bonds. The van der Waals surface area contributed by atoms with Crippen molar-refractivity contribution in [3.63, 3.8) is 0 Å². The molecule has 0 N–H and O–H groups in total. The maximum atomic E-state index is 12.4. The van der Waals surface area contributed by atoms with Crippen LogP contribution in [0, 0.1) is 0 Å². The van der Waals surface area contributed by atoms with Gasteiger partial charge >= 0.3 is 5.97 Å². The molecular weight excluding hydrogens is 398 g/mol. The first-order valence-corrected chi connectivity index (χ1v) is 10.1. The Labute approximate surface area is 175 Å². The molecule has 0 saturated carbocycles. The highest BCUT2D eigenvalue weighted by molar-refractivity contribution is 7.18. The first-order valence-electron chi connectivity index (χ1n) is 9.27. The Kier molecular flexibility index (Phi) is 4.78. The number of fused-ring (bicyclic) bond motifs is 1. The van der Waals surface area contributed by atoms with Gasteiger partial charge in [-0.2, -0.15) is 0 Å². The number of hydrogen-bond donors (Lipinski definition) is 0. The van der Waals surface area contributed by atoms with Crippen LogP contribution in [0.1, 0.15) is 15.4 Å². The number of aromatic nitrogens is 3. The lowest BCUT2D eigenvalue weighted by molar-refractivity contribution is 0.0472. The maximum Gasteiger partial charge on any atom is 0.338 e. The maximum absolute atomic E-state index is 12.4. The van der Waals surface area contributed by atoms with Gasteiger partial charge in [-0.25, -0.2) is 9.78 Å². The fourth-order valence-corrected chi connectivity index (χ4v) is 3.86. The lowest BCUT2D eigenvalue weighted by atomic mass is 10.1. The molecule has 0 aliphatic rings. The molecular formula is C23H15N3O3S. The smallest absolute Gasteiger partial charge is 0.338 e. The van der Waals surface area contributed by atoms with Gasteiger partial charge in [0, 0.05) is 11.1 Å². The Hall–Kier alpha value is -3.84. The third-order valence-electron chi connectivity index (χ3n) is 4.48. The van der Waals surface area contributed by atoms with E-state index in [1.807, 2.05) is 54.6 Å². The topological polar surface area (TPSA) is 78.1 Å². The molecule has 6 nitrogen and oxygen atoms in total. The summed E-state index contributed by atoms with van der Waals surface area (Å²) >= 11 is 1.52. The van der Waals surface area contributed by atoms with Gasteiger partial charge in [-0.05, 0) is 48.5 Å². The van der Waals surface area contributed by atoms with Gasteiger partial charge in [-0.15, -0.1) is 21.5 Å². The average molecular weight is 413 g/mol. The van der Waals surface area contributed by atoms with E-state index in [1.54, 1.807) is 24.3 Å². The van der Waals surface area contributed by atoms with Crippen LogP contribution in [0.2, 0.25) is 0 Å². The zero-order valence-corrected chi connectivity index (χ0v) is 16.5. The van der Waals surface area contributed by atoms with E-state index in [9.17, 15) is 4.79 Å². The predicted molar refractivity (Wildman–Crippen MR) is 114 cm³/mol. The van der Waals surface area contributed by atoms with E-state index in [0.717, 1.165) is 26.4 Å². The fraction of sp³-hybridized carbons (Fsp3) is 0.0435. The molecule has 0 bridgehead atoms. The number of carbonyl (C=O) groups excluding carboxylic acids is 1. The number of para-hydroxylation sites is 1. The number of hydrogen-bond acceptors (Lipinski definition) is 7. The summed E-state index contributed by atoms with van der Waals surface area (Å²) in [5.41, 5.74) is 2.94. The third kappa shape index (κ3) is 3.70. The van der Waals surface area contributed by atoms with Gasteiger partial charge in [0.2, 0.25) is 11.8 Å². The lowest BCUT2D eigenvalue weighted by Gasteiger charge is -2.03. The molecule has 0 aliphatic heterocycles. The van der Waals surface area contributed by atoms with Crippen molar-refractivity contribution in [1.82, 2.24) is 15.2 Å². The van der Waals surface area contributed by atoms with E-state index in [2.05, 4.69) is 15.2 Å². The van der Waals surface area contributed by atoms with E-state index >= 15 is 0 Å². The van der Waals surface area contributed by atoms with Crippen molar-refractivity contribution < 1.29 is 13.9 Å². The number of benzene rings is 3. The second-order valence-electron chi connectivity index (χ2n) is 6.51. The highest BCUT2D eigenvalue weighted by Gasteiger charge is 2.13. The Bertz CT molecular complexity index is 1280. The third-order valence-corrected chi connectivity index (χ3v) is 5.49. The molecule has 0 fully saturated rings. The summed E-state index contributed by atoms with van der Waals surface area (Å²) in [6, 6.07) is 24.3. The van der Waals surface area contributed by atoms with Crippen molar-refractivity contribution in [1.29, 1.82) is 0 Å². The van der Waals surface area contributed by atoms with Crippen molar-refractivity contribution in [3.05, 3.63) is 89.4 Å². The molecule has 5 aromatic rings. The minimum absolute atomic E-state index is 0.143. The highest BCUT2D eigenvalue weighted by Crippen LogP contribution is 2.25. The van der Waals surface area contributed by atoms with Gasteiger partial charge in [0.15, 0.2) is 0 Å². The van der Waals surface area contributed by atoms with Crippen LogP contribution in [-0.4, -0.2) is 21.2 Å². The molecule has 7 heteroatoms. The van der Waals surface area contributed by atoms with Gasteiger partial charge in [0.1, 0.15) is 11.6 Å². The van der Waals surface area contributed by atoms with E-state index < -0.39 is 5.97 Å². The predicted octanol–water partition coefficient (Wildman–Crippen LogP) is 5.37. The Morgan fingerprint density at radius 2 is 1.50 bits per heavy atom. The van der Waals surface area contributed by atoms with Crippen LogP contribution in [0.25, 0.3) is 33.1 Å². The zero-order valence-electron chi connectivity index (χ0n) is 15.7. The first-order chi connectivity index (χ1) is 14.8. The largest absolute Gasteiger partial charge is 0.455 e. The average Bonchev–Trinajstić information content (AvgIpc) is 3.45. The molecule has 0 spiro atoms. The van der Waals surface area contributed by atoms with Gasteiger partial charge in [0.05, 0.1) is 15.8 Å². The van der Waals surface area contributed by atoms with Crippen molar-refractivity contribution in [3.8, 4) is 22.9 Å². The summed E-state index contributed by atoms with van der Waals surface area (Å²) in [6.07, 6.45) is 0. The summed E-state index contributed by atoms with van der Waals surface area (Å²) in [7, 11) is 0. The summed E-state index contributed by atoms with van der Waals surface area (Å²) in [6.45, 7) is 0.143. The molecule has 0 aliphatic carbocycles. The number of esters is 1. The van der Waals surface area contributed by atoms with Crippen LogP contribution in [0.4, 0.5) is 0 Å². The molecule has 5 rings (SSSR count). The standard InChI is InChI=1S/C23H15N3O3S/c27-23(28-14-20-24-18-8-4-5-9-19(18)30-20)17-12-10-16(11-13-17)22-26-25-21(29-22)15-6-2-1-3-7-15/h1-13H,14H2. The van der Waals surface area contributed by atoms with Crippen LogP contribution in [0.3, 0.4) is 0 Å². The first kappa shape index (κ1) is 18.2. The Morgan fingerprint density at radius 3 is 2.23 bits per heavy atom. The minimum atomic E-state index is -0.406. The van der Waals surface area contributed by atoms with Crippen LogP contribution < -0.4 is 0 Å². The highest BCUT2D eigenvalue weighted by atomic mass is 32.1. The Balaban J connectivity index is 1.26. The van der Waals surface area contributed by atoms with Crippen LogP contribution in [0.15, 0.2) is 83.3 Å². The normalized spacial score (nSPS) is 10.9. The molecule has 3 aromatic carbocycles. The molecule has 0 saturated heterocycles. The minimum Gasteiger partial charge on any atom is -0.455 e. The van der Waals surface area contributed by atoms with Gasteiger partial charge < -0.3 is 9.15 Å². The zero-order chi connectivity index (χ0) is 20.3. The van der Waals surface area contributed by atoms with Gasteiger partial charge in [-0.1, -0.05) is 30.3 Å². The van der Waals surface area contributed by atoms with Crippen LogP contribution >= 0.6 is 11.3 Å². The molecule has 2 aromatic heterocycles. The van der Waals surface area contributed by atoms with Crippen molar-refractivity contribution in [2.75, 3.05) is 0 Å². The SMILES string of the molecule is O=C(OCc1nc2ccccc2s1)c1ccc(-c2nnc(-c3ccccc3)o2)cc1. The van der Waals surface area contributed by atoms with Crippen molar-refractivity contribution in [2.24, 2.45) is 0 Å². The van der Waals surface area contributed by atoms with E-state index in [-0.39, 0.29) is 6.61 Å². The number of nitrogens with zero attached hydrogens (tertiary/aromatic N) is 3. The molecule has 146 valence electrons. The number of rotatable bonds is 5. The number of ether oxygens (including phenoxy) is 1. The summed E-state index contributed by atoms with van der Waals surface area (Å²) < 4.78 is 12.2. The van der Waals surface area contributed by atoms with Crippen LogP contribution in [0.5, 0.6) is 0 Å². The van der Waals surface area contributed by atoms with Crippen molar-refractivity contribution in [2.45, 2.75) is 6.61 Å². The summed E-state index contributed by atoms with van der Waals surface area (Å²) in [5, 5.41) is 8.95. The number of carbonyl (C=O) groups is 1. The summed E-state index contributed by atoms with van der Waals surface area (Å²) in [5.74, 6) is 0.435. The van der Waals surface area contributed by atoms with Gasteiger partial charge in [0.25, 0.3) is 0 Å². The van der Waals surface area contributed by atoms with E-state index in [4.69, 9.17) is 9.15 Å². The van der Waals surface area contributed by atoms with Crippen LogP contribution in [-0.2, 0) is 11.3 Å². The molecule has 0 radical (unpaired) electrons. The van der Waals surface area contributed by atoms with Crippen molar-refractivity contribution >= 4 is 27.5 Å².